The van der Waals surface area contributed by atoms with E-state index in [1.165, 1.54) is 0 Å². The van der Waals surface area contributed by atoms with Crippen molar-refractivity contribution in [3.05, 3.63) is 33.8 Å². The Kier molecular flexibility index (Phi) is 3.53. The first-order valence-electron chi connectivity index (χ1n) is 4.48. The Balaban J connectivity index is 2.87. The van der Waals surface area contributed by atoms with Gasteiger partial charge in [-0.1, -0.05) is 17.7 Å². The molecule has 1 N–H and O–H groups in total. The SMILES string of the molecule is Cc1cc(Cl)c(CCC(=O)O)cc1C. The fourth-order valence-electron chi connectivity index (χ4n) is 1.27. The molecular formula is C11H13ClO2. The van der Waals surface area contributed by atoms with Crippen LogP contribution in [0.25, 0.3) is 0 Å². The maximum Gasteiger partial charge on any atom is 0.303 e. The summed E-state index contributed by atoms with van der Waals surface area (Å²) >= 11 is 5.99. The topological polar surface area (TPSA) is 37.3 Å². The van der Waals surface area contributed by atoms with Gasteiger partial charge in [-0.2, -0.15) is 0 Å². The highest BCUT2D eigenvalue weighted by Crippen LogP contribution is 2.21. The molecule has 1 aromatic rings. The van der Waals surface area contributed by atoms with Gasteiger partial charge in [0.15, 0.2) is 0 Å². The number of aryl methyl sites for hydroxylation is 3. The highest BCUT2D eigenvalue weighted by Gasteiger charge is 2.05. The van der Waals surface area contributed by atoms with Gasteiger partial charge in [-0.25, -0.2) is 0 Å². The van der Waals surface area contributed by atoms with E-state index in [1.54, 1.807) is 0 Å². The zero-order valence-corrected chi connectivity index (χ0v) is 9.06. The van der Waals surface area contributed by atoms with E-state index in [2.05, 4.69) is 0 Å². The van der Waals surface area contributed by atoms with Crippen LogP contribution in [-0.2, 0) is 11.2 Å². The molecule has 0 spiro atoms. The Hall–Kier alpha value is -1.02. The minimum atomic E-state index is -0.792. The third-order valence-electron chi connectivity index (χ3n) is 2.27. The van der Waals surface area contributed by atoms with Gasteiger partial charge in [-0.3, -0.25) is 4.79 Å². The van der Waals surface area contributed by atoms with Gasteiger partial charge in [0, 0.05) is 11.4 Å². The van der Waals surface area contributed by atoms with Gasteiger partial charge in [0.1, 0.15) is 0 Å². The molecule has 0 aliphatic carbocycles. The van der Waals surface area contributed by atoms with Crippen LogP contribution in [-0.4, -0.2) is 11.1 Å². The molecule has 76 valence electrons. The Morgan fingerprint density at radius 1 is 1.36 bits per heavy atom. The quantitative estimate of drug-likeness (QED) is 0.837. The molecule has 3 heteroatoms. The second kappa shape index (κ2) is 4.47. The summed E-state index contributed by atoms with van der Waals surface area (Å²) in [5, 5.41) is 9.21. The first kappa shape index (κ1) is 11.1. The van der Waals surface area contributed by atoms with Crippen molar-refractivity contribution in [3.63, 3.8) is 0 Å². The monoisotopic (exact) mass is 212 g/mol. The zero-order chi connectivity index (χ0) is 10.7. The summed E-state index contributed by atoms with van der Waals surface area (Å²) in [7, 11) is 0. The highest BCUT2D eigenvalue weighted by molar-refractivity contribution is 6.31. The van der Waals surface area contributed by atoms with Crippen LogP contribution in [0.2, 0.25) is 5.02 Å². The van der Waals surface area contributed by atoms with Crippen molar-refractivity contribution >= 4 is 17.6 Å². The molecule has 0 bridgehead atoms. The summed E-state index contributed by atoms with van der Waals surface area (Å²) in [4.78, 5) is 10.4. The smallest absolute Gasteiger partial charge is 0.303 e. The summed E-state index contributed by atoms with van der Waals surface area (Å²) in [6, 6.07) is 3.84. The van der Waals surface area contributed by atoms with E-state index in [9.17, 15) is 4.79 Å². The van der Waals surface area contributed by atoms with E-state index in [0.717, 1.165) is 16.7 Å². The molecule has 0 saturated heterocycles. The number of benzene rings is 1. The van der Waals surface area contributed by atoms with E-state index in [0.29, 0.717) is 11.4 Å². The normalized spacial score (nSPS) is 10.2. The molecule has 1 rings (SSSR count). The largest absolute Gasteiger partial charge is 0.481 e. The van der Waals surface area contributed by atoms with E-state index in [1.807, 2.05) is 26.0 Å². The third kappa shape index (κ3) is 2.74. The number of rotatable bonds is 3. The molecule has 0 fully saturated rings. The first-order valence-corrected chi connectivity index (χ1v) is 4.86. The first-order chi connectivity index (χ1) is 6.50. The van der Waals surface area contributed by atoms with Crippen LogP contribution in [0.3, 0.4) is 0 Å². The molecule has 1 aromatic carbocycles. The van der Waals surface area contributed by atoms with Crippen LogP contribution in [0.4, 0.5) is 0 Å². The van der Waals surface area contributed by atoms with Gasteiger partial charge in [-0.15, -0.1) is 0 Å². The summed E-state index contributed by atoms with van der Waals surface area (Å²) in [5.41, 5.74) is 3.20. The fourth-order valence-corrected chi connectivity index (χ4v) is 1.59. The number of hydrogen-bond acceptors (Lipinski definition) is 1. The van der Waals surface area contributed by atoms with Crippen LogP contribution < -0.4 is 0 Å². The molecule has 0 saturated carbocycles. The van der Waals surface area contributed by atoms with E-state index in [4.69, 9.17) is 16.7 Å². The minimum Gasteiger partial charge on any atom is -0.481 e. The molecular weight excluding hydrogens is 200 g/mol. The second-order valence-electron chi connectivity index (χ2n) is 3.42. The lowest BCUT2D eigenvalue weighted by Crippen LogP contribution is -1.98. The molecule has 0 aliphatic heterocycles. The molecule has 0 heterocycles. The molecule has 0 aliphatic rings. The molecule has 0 amide bonds. The van der Waals surface area contributed by atoms with Crippen molar-refractivity contribution < 1.29 is 9.90 Å². The van der Waals surface area contributed by atoms with Crippen molar-refractivity contribution in [1.82, 2.24) is 0 Å². The number of carboxylic acids is 1. The van der Waals surface area contributed by atoms with Crippen LogP contribution in [0.15, 0.2) is 12.1 Å². The molecule has 14 heavy (non-hydrogen) atoms. The average Bonchev–Trinajstić information content (AvgIpc) is 2.09. The van der Waals surface area contributed by atoms with Gasteiger partial charge < -0.3 is 5.11 Å². The predicted octanol–water partition coefficient (Wildman–Crippen LogP) is 2.97. The van der Waals surface area contributed by atoms with Crippen LogP contribution >= 0.6 is 11.6 Å². The van der Waals surface area contributed by atoms with E-state index >= 15 is 0 Å². The lowest BCUT2D eigenvalue weighted by atomic mass is 10.0. The van der Waals surface area contributed by atoms with Crippen molar-refractivity contribution in [3.8, 4) is 0 Å². The number of halogens is 1. The standard InChI is InChI=1S/C11H13ClO2/c1-7-5-9(3-4-11(13)14)10(12)6-8(7)2/h5-6H,3-4H2,1-2H3,(H,13,14). The van der Waals surface area contributed by atoms with E-state index < -0.39 is 5.97 Å². The van der Waals surface area contributed by atoms with Crippen molar-refractivity contribution in [2.75, 3.05) is 0 Å². The van der Waals surface area contributed by atoms with Gasteiger partial charge >= 0.3 is 5.97 Å². The average molecular weight is 213 g/mol. The summed E-state index contributed by atoms with van der Waals surface area (Å²) in [6.07, 6.45) is 0.623. The number of carboxylic acid groups (broad SMARTS) is 1. The summed E-state index contributed by atoms with van der Waals surface area (Å²) in [6.45, 7) is 3.98. The molecule has 2 nitrogen and oxygen atoms in total. The second-order valence-corrected chi connectivity index (χ2v) is 3.83. The lowest BCUT2D eigenvalue weighted by molar-refractivity contribution is -0.136. The minimum absolute atomic E-state index is 0.127. The highest BCUT2D eigenvalue weighted by atomic mass is 35.5. The number of hydrogen-bond donors (Lipinski definition) is 1. The number of carbonyl (C=O) groups is 1. The zero-order valence-electron chi connectivity index (χ0n) is 8.30. The van der Waals surface area contributed by atoms with Crippen LogP contribution in [0, 0.1) is 13.8 Å². The van der Waals surface area contributed by atoms with Crippen LogP contribution in [0.5, 0.6) is 0 Å². The summed E-state index contributed by atoms with van der Waals surface area (Å²) < 4.78 is 0. The van der Waals surface area contributed by atoms with E-state index in [-0.39, 0.29) is 6.42 Å². The molecule has 0 radical (unpaired) electrons. The van der Waals surface area contributed by atoms with Gasteiger partial charge in [0.25, 0.3) is 0 Å². The molecule has 0 unspecified atom stereocenters. The Bertz CT molecular complexity index is 359. The number of aliphatic carboxylic acids is 1. The molecule has 0 atom stereocenters. The summed E-state index contributed by atoms with van der Waals surface area (Å²) in [5.74, 6) is -0.792. The predicted molar refractivity (Wildman–Crippen MR) is 56.9 cm³/mol. The van der Waals surface area contributed by atoms with Crippen molar-refractivity contribution in [2.24, 2.45) is 0 Å². The maximum atomic E-state index is 10.4. The van der Waals surface area contributed by atoms with Crippen molar-refractivity contribution in [2.45, 2.75) is 26.7 Å². The Morgan fingerprint density at radius 2 is 1.93 bits per heavy atom. The van der Waals surface area contributed by atoms with Crippen LogP contribution in [0.1, 0.15) is 23.1 Å². The van der Waals surface area contributed by atoms with Gasteiger partial charge in [0.05, 0.1) is 0 Å². The van der Waals surface area contributed by atoms with Gasteiger partial charge in [0.2, 0.25) is 0 Å². The van der Waals surface area contributed by atoms with Crippen molar-refractivity contribution in [1.29, 1.82) is 0 Å². The Morgan fingerprint density at radius 3 is 2.50 bits per heavy atom. The third-order valence-corrected chi connectivity index (χ3v) is 2.62. The Labute approximate surface area is 88.5 Å². The van der Waals surface area contributed by atoms with Gasteiger partial charge in [-0.05, 0) is 43.0 Å². The lowest BCUT2D eigenvalue weighted by Gasteiger charge is -2.06. The molecule has 0 aromatic heterocycles. The maximum absolute atomic E-state index is 10.4. The fraction of sp³-hybridized carbons (Fsp3) is 0.364.